The van der Waals surface area contributed by atoms with Gasteiger partial charge in [-0.3, -0.25) is 14.1 Å². The van der Waals surface area contributed by atoms with E-state index < -0.39 is 10.0 Å². The third-order valence-electron chi connectivity index (χ3n) is 4.70. The summed E-state index contributed by atoms with van der Waals surface area (Å²) in [6, 6.07) is 20.2. The van der Waals surface area contributed by atoms with Crippen LogP contribution in [-0.2, 0) is 14.8 Å². The Bertz CT molecular complexity index is 1330. The van der Waals surface area contributed by atoms with Crippen molar-refractivity contribution in [2.24, 2.45) is 0 Å². The van der Waals surface area contributed by atoms with E-state index >= 15 is 0 Å². The summed E-state index contributed by atoms with van der Waals surface area (Å²) in [7, 11) is -2.12. The molecule has 2 aromatic heterocycles. The van der Waals surface area contributed by atoms with E-state index in [4.69, 9.17) is 9.47 Å². The molecule has 4 aromatic rings. The number of rotatable bonds is 9. The van der Waals surface area contributed by atoms with Crippen molar-refractivity contribution < 1.29 is 22.7 Å². The number of hydrogen-bond donors (Lipinski definition) is 1. The van der Waals surface area contributed by atoms with Gasteiger partial charge in [0.15, 0.2) is 6.61 Å². The Kier molecular flexibility index (Phi) is 7.09. The van der Waals surface area contributed by atoms with Crippen molar-refractivity contribution in [2.45, 2.75) is 4.21 Å². The summed E-state index contributed by atoms with van der Waals surface area (Å²) in [4.78, 5) is 16.2. The molecule has 0 unspecified atom stereocenters. The van der Waals surface area contributed by atoms with E-state index in [0.717, 1.165) is 11.3 Å². The van der Waals surface area contributed by atoms with Crippen molar-refractivity contribution in [2.75, 3.05) is 23.3 Å². The Hall–Kier alpha value is -3.89. The number of amides is 1. The highest BCUT2D eigenvalue weighted by atomic mass is 32.2. The van der Waals surface area contributed by atoms with Gasteiger partial charge in [0.2, 0.25) is 0 Å². The van der Waals surface area contributed by atoms with Crippen molar-refractivity contribution in [3.8, 4) is 17.2 Å². The van der Waals surface area contributed by atoms with E-state index in [-0.39, 0.29) is 16.7 Å². The smallest absolute Gasteiger partial charge is 0.273 e. The molecule has 0 bridgehead atoms. The second-order valence-corrected chi connectivity index (χ2v) is 10.2. The molecule has 0 saturated heterocycles. The molecule has 1 amide bonds. The van der Waals surface area contributed by atoms with Crippen LogP contribution in [0, 0.1) is 0 Å². The normalized spacial score (nSPS) is 11.0. The van der Waals surface area contributed by atoms with Gasteiger partial charge in [-0.1, -0.05) is 6.07 Å². The Morgan fingerprint density at radius 3 is 2.24 bits per heavy atom. The molecule has 0 aliphatic rings. The van der Waals surface area contributed by atoms with Crippen LogP contribution < -0.4 is 19.1 Å². The second kappa shape index (κ2) is 10.4. The molecule has 0 aliphatic carbocycles. The minimum Gasteiger partial charge on any atom is -0.484 e. The van der Waals surface area contributed by atoms with E-state index in [1.807, 2.05) is 0 Å². The number of benzene rings is 2. The third kappa shape index (κ3) is 5.72. The quantitative estimate of drug-likeness (QED) is 0.359. The summed E-state index contributed by atoms with van der Waals surface area (Å²) in [5.41, 5.74) is 1.09. The lowest BCUT2D eigenvalue weighted by Gasteiger charge is -2.18. The van der Waals surface area contributed by atoms with Gasteiger partial charge in [0, 0.05) is 25.1 Å². The van der Waals surface area contributed by atoms with Crippen LogP contribution in [0.3, 0.4) is 0 Å². The Labute approximate surface area is 201 Å². The predicted octanol–water partition coefficient (Wildman–Crippen LogP) is 4.78. The standard InChI is InChI=1S/C24H21N3O5S2/c1-27(34(29,30)24-3-2-16-33-24)19-6-10-20(11-7-19)31-17-23(28)26-18-4-8-21(9-5-18)32-22-12-14-25-15-13-22/h2-16H,17H2,1H3,(H,26,28). The highest BCUT2D eigenvalue weighted by molar-refractivity contribution is 7.94. The second-order valence-electron chi connectivity index (χ2n) is 7.04. The molecule has 4 rings (SSSR count). The van der Waals surface area contributed by atoms with Gasteiger partial charge in [0.1, 0.15) is 21.5 Å². The predicted molar refractivity (Wildman–Crippen MR) is 131 cm³/mol. The molecule has 2 heterocycles. The van der Waals surface area contributed by atoms with Crippen LogP contribution in [-0.4, -0.2) is 33.0 Å². The number of carbonyl (C=O) groups excluding carboxylic acids is 1. The zero-order valence-corrected chi connectivity index (χ0v) is 19.8. The first kappa shape index (κ1) is 23.3. The van der Waals surface area contributed by atoms with Gasteiger partial charge >= 0.3 is 0 Å². The van der Waals surface area contributed by atoms with Crippen molar-refractivity contribution in [3.05, 3.63) is 90.6 Å². The molecule has 0 atom stereocenters. The Morgan fingerprint density at radius 1 is 0.941 bits per heavy atom. The van der Waals surface area contributed by atoms with Crippen molar-refractivity contribution in [3.63, 3.8) is 0 Å². The summed E-state index contributed by atoms with van der Waals surface area (Å²) < 4.78 is 37.9. The molecule has 10 heteroatoms. The average molecular weight is 496 g/mol. The molecule has 174 valence electrons. The summed E-state index contributed by atoms with van der Waals surface area (Å²) >= 11 is 1.16. The van der Waals surface area contributed by atoms with Gasteiger partial charge in [-0.15, -0.1) is 11.3 Å². The SMILES string of the molecule is CN(c1ccc(OCC(=O)Nc2ccc(Oc3ccncc3)cc2)cc1)S(=O)(=O)c1cccs1. The number of hydrogen-bond acceptors (Lipinski definition) is 7. The summed E-state index contributed by atoms with van der Waals surface area (Å²) in [5, 5.41) is 4.47. The molecule has 0 radical (unpaired) electrons. The molecular weight excluding hydrogens is 474 g/mol. The Balaban J connectivity index is 1.28. The number of nitrogens with one attached hydrogen (secondary N) is 1. The van der Waals surface area contributed by atoms with Gasteiger partial charge in [-0.2, -0.15) is 0 Å². The van der Waals surface area contributed by atoms with E-state index in [1.165, 1.54) is 11.4 Å². The van der Waals surface area contributed by atoms with E-state index in [1.54, 1.807) is 90.6 Å². The number of sulfonamides is 1. The molecule has 0 fully saturated rings. The lowest BCUT2D eigenvalue weighted by molar-refractivity contribution is -0.118. The maximum atomic E-state index is 12.6. The molecule has 0 spiro atoms. The molecule has 2 aromatic carbocycles. The number of thiophene rings is 1. The fourth-order valence-electron chi connectivity index (χ4n) is 2.93. The van der Waals surface area contributed by atoms with Crippen LogP contribution in [0.25, 0.3) is 0 Å². The maximum Gasteiger partial charge on any atom is 0.273 e. The van der Waals surface area contributed by atoms with Crippen LogP contribution in [0.1, 0.15) is 0 Å². The number of pyridine rings is 1. The number of carbonyl (C=O) groups is 1. The summed E-state index contributed by atoms with van der Waals surface area (Å²) in [5.74, 6) is 1.42. The van der Waals surface area contributed by atoms with Gasteiger partial charge in [-0.25, -0.2) is 8.42 Å². The number of aromatic nitrogens is 1. The third-order valence-corrected chi connectivity index (χ3v) is 7.86. The van der Waals surface area contributed by atoms with Gasteiger partial charge in [0.25, 0.3) is 15.9 Å². The van der Waals surface area contributed by atoms with E-state index in [0.29, 0.717) is 28.6 Å². The van der Waals surface area contributed by atoms with Gasteiger partial charge in [-0.05, 0) is 72.1 Å². The summed E-state index contributed by atoms with van der Waals surface area (Å²) in [6.45, 7) is -0.196. The summed E-state index contributed by atoms with van der Waals surface area (Å²) in [6.07, 6.45) is 3.28. The molecule has 1 N–H and O–H groups in total. The first-order valence-corrected chi connectivity index (χ1v) is 12.5. The maximum absolute atomic E-state index is 12.6. The first-order chi connectivity index (χ1) is 16.4. The number of anilines is 2. The van der Waals surface area contributed by atoms with Crippen LogP contribution in [0.5, 0.6) is 17.2 Å². The largest absolute Gasteiger partial charge is 0.484 e. The van der Waals surface area contributed by atoms with Gasteiger partial charge in [0.05, 0.1) is 5.69 Å². The molecule has 34 heavy (non-hydrogen) atoms. The minimum absolute atomic E-state index is 0.196. The topological polar surface area (TPSA) is 97.8 Å². The van der Waals surface area contributed by atoms with E-state index in [9.17, 15) is 13.2 Å². The molecular formula is C24H21N3O5S2. The van der Waals surface area contributed by atoms with Crippen molar-refractivity contribution in [1.82, 2.24) is 4.98 Å². The molecule has 0 aliphatic heterocycles. The Morgan fingerprint density at radius 2 is 1.59 bits per heavy atom. The lowest BCUT2D eigenvalue weighted by atomic mass is 10.3. The van der Waals surface area contributed by atoms with Crippen LogP contribution in [0.15, 0.2) is 94.8 Å². The fraction of sp³-hybridized carbons (Fsp3) is 0.0833. The minimum atomic E-state index is -3.61. The zero-order valence-electron chi connectivity index (χ0n) is 18.1. The van der Waals surface area contributed by atoms with Crippen LogP contribution >= 0.6 is 11.3 Å². The first-order valence-electron chi connectivity index (χ1n) is 10.1. The molecule has 0 saturated carbocycles. The van der Waals surface area contributed by atoms with Gasteiger partial charge < -0.3 is 14.8 Å². The zero-order chi connectivity index (χ0) is 24.0. The van der Waals surface area contributed by atoms with E-state index in [2.05, 4.69) is 10.3 Å². The highest BCUT2D eigenvalue weighted by Gasteiger charge is 2.22. The average Bonchev–Trinajstić information content (AvgIpc) is 3.41. The lowest BCUT2D eigenvalue weighted by Crippen LogP contribution is -2.25. The van der Waals surface area contributed by atoms with Crippen molar-refractivity contribution >= 4 is 38.6 Å². The highest BCUT2D eigenvalue weighted by Crippen LogP contribution is 2.27. The fourth-order valence-corrected chi connectivity index (χ4v) is 5.29. The number of ether oxygens (including phenoxy) is 2. The van der Waals surface area contributed by atoms with Crippen LogP contribution in [0.2, 0.25) is 0 Å². The van der Waals surface area contributed by atoms with Crippen molar-refractivity contribution in [1.29, 1.82) is 0 Å². The number of nitrogens with zero attached hydrogens (tertiary/aromatic N) is 2. The van der Waals surface area contributed by atoms with Crippen LogP contribution in [0.4, 0.5) is 11.4 Å². The monoisotopic (exact) mass is 495 g/mol. The molecule has 8 nitrogen and oxygen atoms in total.